The molecule has 0 aliphatic rings. The van der Waals surface area contributed by atoms with Gasteiger partial charge in [0, 0.05) is 143 Å². The van der Waals surface area contributed by atoms with Crippen LogP contribution in [0.1, 0.15) is 0 Å². The van der Waals surface area contributed by atoms with E-state index in [9.17, 15) is 0 Å². The molecule has 0 spiro atoms. The van der Waals surface area contributed by atoms with Crippen LogP contribution in [0, 0.1) is 0 Å². The van der Waals surface area contributed by atoms with Crippen molar-refractivity contribution in [2.45, 2.75) is 0 Å². The first-order valence-electron chi connectivity index (χ1n) is 1.85. The second-order valence-electron chi connectivity index (χ2n) is 1.02. The van der Waals surface area contributed by atoms with Gasteiger partial charge < -0.3 is 0 Å². The fraction of sp³-hybridized carbons (Fsp3) is 0. The molecule has 0 aliphatic heterocycles. The van der Waals surface area contributed by atoms with Gasteiger partial charge in [-0.25, -0.2) is 0 Å². The van der Waals surface area contributed by atoms with Crippen LogP contribution in [-0.4, -0.2) is 4.98 Å². The van der Waals surface area contributed by atoms with E-state index >= 15 is 0 Å². The van der Waals surface area contributed by atoms with Gasteiger partial charge in [0.2, 0.25) is 0 Å². The van der Waals surface area contributed by atoms with Crippen LogP contribution in [0.2, 0.25) is 0 Å². The van der Waals surface area contributed by atoms with E-state index in [0.29, 0.717) is 0 Å². The van der Waals surface area contributed by atoms with Crippen LogP contribution >= 0.6 is 0 Å². The molecule has 0 amide bonds. The molecule has 0 fully saturated rings. The van der Waals surface area contributed by atoms with Crippen LogP contribution in [0.3, 0.4) is 0 Å². The van der Waals surface area contributed by atoms with E-state index in [1.165, 1.54) is 0 Å². The maximum Gasteiger partial charge on any atom is 0.0267 e. The number of pyridine rings is 1. The Bertz CT molecular complexity index is 85.6. The van der Waals surface area contributed by atoms with Crippen molar-refractivity contribution in [3.63, 3.8) is 0 Å². The Labute approximate surface area is 162 Å². The van der Waals surface area contributed by atoms with Crippen LogP contribution in [0.5, 0.6) is 0 Å². The predicted molar refractivity (Wildman–Crippen MR) is 24.2 cm³/mol. The number of hydrogen-bond acceptors (Lipinski definition) is 1. The van der Waals surface area contributed by atoms with Gasteiger partial charge in [0.1, 0.15) is 0 Å². The molecular weight excluding hydrogens is 430 g/mol. The first-order chi connectivity index (χ1) is 3.00. The molecule has 10 heavy (non-hydrogen) atoms. The molecule has 0 N–H and O–H groups in total. The molecule has 0 saturated heterocycles. The van der Waals surface area contributed by atoms with Gasteiger partial charge in [0.05, 0.1) is 0 Å². The van der Waals surface area contributed by atoms with Crippen molar-refractivity contribution in [2.75, 3.05) is 0 Å². The van der Waals surface area contributed by atoms with Gasteiger partial charge >= 0.3 is 0 Å². The molecule has 1 rings (SSSR count). The standard InChI is InChI=1S/C5H5N.4Y/c1-2-4-6-5-3-1;;;;/h1-5H;;;;. The largest absolute Gasteiger partial charge is 0.265 e. The van der Waals surface area contributed by atoms with Crippen LogP contribution in [0.4, 0.5) is 0 Å². The van der Waals surface area contributed by atoms with E-state index in [1.54, 1.807) is 12.4 Å². The Morgan fingerprint density at radius 1 is 0.600 bits per heavy atom. The average molecular weight is 435 g/mol. The van der Waals surface area contributed by atoms with Gasteiger partial charge in [-0.1, -0.05) is 6.07 Å². The van der Waals surface area contributed by atoms with E-state index in [-0.39, 0.29) is 131 Å². The normalized spacial score (nSPS) is 4.80. The smallest absolute Gasteiger partial charge is 0.0267 e. The van der Waals surface area contributed by atoms with Gasteiger partial charge in [-0.2, -0.15) is 0 Å². The molecule has 0 aliphatic carbocycles. The quantitative estimate of drug-likeness (QED) is 0.595. The molecule has 4 radical (unpaired) electrons. The molecule has 1 aromatic rings. The summed E-state index contributed by atoms with van der Waals surface area (Å²) in [5.74, 6) is 0. The molecule has 1 nitrogen and oxygen atoms in total. The number of nitrogens with zero attached hydrogens (tertiary/aromatic N) is 1. The molecule has 0 bridgehead atoms. The summed E-state index contributed by atoms with van der Waals surface area (Å²) in [4.78, 5) is 3.78. The van der Waals surface area contributed by atoms with Gasteiger partial charge in [-0.05, 0) is 12.1 Å². The Morgan fingerprint density at radius 3 is 1.10 bits per heavy atom. The molecule has 42 valence electrons. The summed E-state index contributed by atoms with van der Waals surface area (Å²) in [6.07, 6.45) is 3.50. The van der Waals surface area contributed by atoms with Crippen molar-refractivity contribution in [3.05, 3.63) is 30.6 Å². The van der Waals surface area contributed by atoms with Crippen molar-refractivity contribution in [3.8, 4) is 0 Å². The van der Waals surface area contributed by atoms with E-state index in [0.717, 1.165) is 0 Å². The van der Waals surface area contributed by atoms with Gasteiger partial charge in [-0.3, -0.25) is 4.98 Å². The number of hydrogen-bond donors (Lipinski definition) is 0. The molecule has 0 aromatic carbocycles. The summed E-state index contributed by atoms with van der Waals surface area (Å²) in [6, 6.07) is 5.72. The topological polar surface area (TPSA) is 12.9 Å². The molecule has 1 aromatic heterocycles. The summed E-state index contributed by atoms with van der Waals surface area (Å²) in [5.41, 5.74) is 0. The van der Waals surface area contributed by atoms with Crippen LogP contribution < -0.4 is 0 Å². The minimum absolute atomic E-state index is 0. The third-order valence-electron chi connectivity index (χ3n) is 0.566. The maximum absolute atomic E-state index is 3.78. The zero-order valence-electron chi connectivity index (χ0n) is 5.64. The monoisotopic (exact) mass is 435 g/mol. The van der Waals surface area contributed by atoms with Crippen molar-refractivity contribution in [1.82, 2.24) is 4.98 Å². The fourth-order valence-electron chi connectivity index (χ4n) is 0.313. The Morgan fingerprint density at radius 2 is 1.00 bits per heavy atom. The van der Waals surface area contributed by atoms with Crippen molar-refractivity contribution in [1.29, 1.82) is 0 Å². The van der Waals surface area contributed by atoms with E-state index < -0.39 is 0 Å². The zero-order valence-corrected chi connectivity index (χ0v) is 17.0. The minimum Gasteiger partial charge on any atom is -0.265 e. The Kier molecular flexibility index (Phi) is 43.0. The van der Waals surface area contributed by atoms with Crippen molar-refractivity contribution in [2.24, 2.45) is 0 Å². The molecular formula is C5H5NY4. The first-order valence-corrected chi connectivity index (χ1v) is 1.85. The van der Waals surface area contributed by atoms with Gasteiger partial charge in [-0.15, -0.1) is 0 Å². The zero-order chi connectivity index (χ0) is 4.24. The van der Waals surface area contributed by atoms with Gasteiger partial charge in [0.15, 0.2) is 0 Å². The van der Waals surface area contributed by atoms with E-state index in [1.807, 2.05) is 18.2 Å². The van der Waals surface area contributed by atoms with Gasteiger partial charge in [0.25, 0.3) is 0 Å². The average Bonchev–Trinajstić information content (AvgIpc) is 1.72. The molecule has 0 atom stereocenters. The molecule has 1 heterocycles. The van der Waals surface area contributed by atoms with Crippen LogP contribution in [0.25, 0.3) is 0 Å². The minimum atomic E-state index is 0. The van der Waals surface area contributed by atoms with Crippen molar-refractivity contribution < 1.29 is 131 Å². The predicted octanol–water partition coefficient (Wildman–Crippen LogP) is 1.07. The third-order valence-corrected chi connectivity index (χ3v) is 0.566. The van der Waals surface area contributed by atoms with E-state index in [4.69, 9.17) is 0 Å². The summed E-state index contributed by atoms with van der Waals surface area (Å²) in [7, 11) is 0. The Hall–Kier alpha value is 3.57. The first kappa shape index (κ1) is 23.4. The Balaban J connectivity index is -0.0000000450. The molecule has 0 unspecified atom stereocenters. The SMILES string of the molecule is [Y].[Y].[Y].[Y].c1ccncc1. The van der Waals surface area contributed by atoms with Crippen LogP contribution in [-0.2, 0) is 131 Å². The number of rotatable bonds is 0. The maximum atomic E-state index is 3.78. The third kappa shape index (κ3) is 14.1. The summed E-state index contributed by atoms with van der Waals surface area (Å²) in [6.45, 7) is 0. The molecule has 5 heteroatoms. The van der Waals surface area contributed by atoms with Crippen molar-refractivity contribution >= 4 is 0 Å². The summed E-state index contributed by atoms with van der Waals surface area (Å²) < 4.78 is 0. The fourth-order valence-corrected chi connectivity index (χ4v) is 0.313. The summed E-state index contributed by atoms with van der Waals surface area (Å²) in [5, 5.41) is 0. The second-order valence-corrected chi connectivity index (χ2v) is 1.02. The second kappa shape index (κ2) is 18.4. The number of aromatic nitrogens is 1. The molecule has 0 saturated carbocycles. The van der Waals surface area contributed by atoms with E-state index in [2.05, 4.69) is 4.98 Å². The summed E-state index contributed by atoms with van der Waals surface area (Å²) >= 11 is 0. The van der Waals surface area contributed by atoms with Crippen LogP contribution in [0.15, 0.2) is 30.6 Å².